The van der Waals surface area contributed by atoms with Crippen molar-refractivity contribution in [3.8, 4) is 0 Å². The van der Waals surface area contributed by atoms with Crippen molar-refractivity contribution in [2.45, 2.75) is 78.9 Å². The number of hydrogen-bond acceptors (Lipinski definition) is 2. The maximum atomic E-state index is 11.5. The van der Waals surface area contributed by atoms with Gasteiger partial charge < -0.3 is 10.1 Å². The Labute approximate surface area is 106 Å². The van der Waals surface area contributed by atoms with Crippen LogP contribution in [0.5, 0.6) is 0 Å². The molecule has 0 heterocycles. The van der Waals surface area contributed by atoms with Crippen LogP contribution < -0.4 is 5.32 Å². The molecular formula is C14H29NO2. The molecule has 102 valence electrons. The lowest BCUT2D eigenvalue weighted by atomic mass is 9.98. The van der Waals surface area contributed by atoms with Crippen molar-refractivity contribution in [1.29, 1.82) is 0 Å². The van der Waals surface area contributed by atoms with Gasteiger partial charge in [-0.25, -0.2) is 4.79 Å². The highest BCUT2D eigenvalue weighted by molar-refractivity contribution is 5.67. The minimum absolute atomic E-state index is 0.184. The summed E-state index contributed by atoms with van der Waals surface area (Å²) < 4.78 is 5.21. The molecular weight excluding hydrogens is 214 g/mol. The summed E-state index contributed by atoms with van der Waals surface area (Å²) in [5.41, 5.74) is -0.417. The van der Waals surface area contributed by atoms with Gasteiger partial charge in [0.15, 0.2) is 0 Å². The fourth-order valence-corrected chi connectivity index (χ4v) is 1.75. The second-order valence-electron chi connectivity index (χ2n) is 6.02. The van der Waals surface area contributed by atoms with Crippen molar-refractivity contribution in [2.75, 3.05) is 0 Å². The molecule has 1 amide bonds. The largest absolute Gasteiger partial charge is 0.444 e. The molecule has 0 aliphatic heterocycles. The molecule has 1 N–H and O–H groups in total. The average molecular weight is 243 g/mol. The van der Waals surface area contributed by atoms with E-state index in [1.54, 1.807) is 0 Å². The van der Waals surface area contributed by atoms with Gasteiger partial charge in [0, 0.05) is 6.04 Å². The van der Waals surface area contributed by atoms with Crippen molar-refractivity contribution in [2.24, 2.45) is 5.92 Å². The number of amides is 1. The zero-order chi connectivity index (χ0) is 13.5. The summed E-state index contributed by atoms with van der Waals surface area (Å²) in [7, 11) is 0. The predicted molar refractivity (Wildman–Crippen MR) is 72.1 cm³/mol. The molecule has 2 atom stereocenters. The van der Waals surface area contributed by atoms with Crippen LogP contribution in [0.3, 0.4) is 0 Å². The van der Waals surface area contributed by atoms with E-state index in [1.807, 2.05) is 27.7 Å². The molecule has 0 aliphatic rings. The molecule has 17 heavy (non-hydrogen) atoms. The number of nitrogens with one attached hydrogen (secondary N) is 1. The van der Waals surface area contributed by atoms with E-state index >= 15 is 0 Å². The van der Waals surface area contributed by atoms with Crippen LogP contribution in [-0.4, -0.2) is 17.7 Å². The first-order chi connectivity index (χ1) is 7.74. The van der Waals surface area contributed by atoms with Crippen LogP contribution in [0.25, 0.3) is 0 Å². The Kier molecular flexibility index (Phi) is 7.24. The Hall–Kier alpha value is -0.730. The van der Waals surface area contributed by atoms with E-state index in [1.165, 1.54) is 12.8 Å². The Balaban J connectivity index is 3.78. The highest BCUT2D eigenvalue weighted by Gasteiger charge is 2.17. The first-order valence-electron chi connectivity index (χ1n) is 6.74. The Morgan fingerprint density at radius 2 is 1.76 bits per heavy atom. The molecule has 0 spiro atoms. The Morgan fingerprint density at radius 1 is 1.18 bits per heavy atom. The van der Waals surface area contributed by atoms with Gasteiger partial charge in [0.05, 0.1) is 0 Å². The van der Waals surface area contributed by atoms with E-state index in [4.69, 9.17) is 4.74 Å². The molecule has 0 aromatic heterocycles. The standard InChI is InChI=1S/C14H29NO2/c1-7-8-11(2)9-10-12(3)15-13(16)17-14(4,5)6/h11-12H,7-10H2,1-6H3,(H,15,16). The zero-order valence-electron chi connectivity index (χ0n) is 12.3. The summed E-state index contributed by atoms with van der Waals surface area (Å²) in [6.45, 7) is 12.1. The molecule has 0 bridgehead atoms. The number of ether oxygens (including phenoxy) is 1. The average Bonchev–Trinajstić information content (AvgIpc) is 2.12. The molecule has 0 rings (SSSR count). The summed E-state index contributed by atoms with van der Waals surface area (Å²) in [6, 6.07) is 0.184. The van der Waals surface area contributed by atoms with Gasteiger partial charge in [-0.3, -0.25) is 0 Å². The number of rotatable bonds is 6. The lowest BCUT2D eigenvalue weighted by Gasteiger charge is -2.22. The second-order valence-corrected chi connectivity index (χ2v) is 6.02. The van der Waals surface area contributed by atoms with Crippen molar-refractivity contribution >= 4 is 6.09 Å². The third-order valence-corrected chi connectivity index (χ3v) is 2.64. The van der Waals surface area contributed by atoms with E-state index in [-0.39, 0.29) is 12.1 Å². The predicted octanol–water partition coefficient (Wildman–Crippen LogP) is 4.12. The van der Waals surface area contributed by atoms with E-state index in [9.17, 15) is 4.79 Å². The van der Waals surface area contributed by atoms with E-state index in [2.05, 4.69) is 19.2 Å². The van der Waals surface area contributed by atoms with Gasteiger partial charge in [-0.2, -0.15) is 0 Å². The van der Waals surface area contributed by atoms with Crippen molar-refractivity contribution in [3.63, 3.8) is 0 Å². The fourth-order valence-electron chi connectivity index (χ4n) is 1.75. The van der Waals surface area contributed by atoms with Gasteiger partial charge in [0.1, 0.15) is 5.60 Å². The minimum atomic E-state index is -0.417. The van der Waals surface area contributed by atoms with Crippen LogP contribution in [0.15, 0.2) is 0 Å². The lowest BCUT2D eigenvalue weighted by Crippen LogP contribution is -2.37. The minimum Gasteiger partial charge on any atom is -0.444 e. The molecule has 0 saturated heterocycles. The summed E-state index contributed by atoms with van der Waals surface area (Å²) in [4.78, 5) is 11.5. The number of carbonyl (C=O) groups is 1. The number of carbonyl (C=O) groups excluding carboxylic acids is 1. The van der Waals surface area contributed by atoms with E-state index in [0.29, 0.717) is 0 Å². The fraction of sp³-hybridized carbons (Fsp3) is 0.929. The van der Waals surface area contributed by atoms with Crippen LogP contribution in [0.2, 0.25) is 0 Å². The maximum Gasteiger partial charge on any atom is 0.407 e. The first kappa shape index (κ1) is 16.3. The monoisotopic (exact) mass is 243 g/mol. The quantitative estimate of drug-likeness (QED) is 0.762. The van der Waals surface area contributed by atoms with Gasteiger partial charge in [0.25, 0.3) is 0 Å². The van der Waals surface area contributed by atoms with Crippen LogP contribution in [0, 0.1) is 5.92 Å². The van der Waals surface area contributed by atoms with E-state index in [0.717, 1.165) is 18.8 Å². The smallest absolute Gasteiger partial charge is 0.407 e. The number of alkyl carbamates (subject to hydrolysis) is 1. The molecule has 2 unspecified atom stereocenters. The summed E-state index contributed by atoms with van der Waals surface area (Å²) in [5.74, 6) is 0.739. The Bertz CT molecular complexity index is 221. The SMILES string of the molecule is CCCC(C)CCC(C)NC(=O)OC(C)(C)C. The summed E-state index contributed by atoms with van der Waals surface area (Å²) in [5, 5.41) is 2.87. The molecule has 0 fully saturated rings. The summed E-state index contributed by atoms with van der Waals surface area (Å²) >= 11 is 0. The van der Waals surface area contributed by atoms with Gasteiger partial charge in [-0.05, 0) is 46.5 Å². The highest BCUT2D eigenvalue weighted by atomic mass is 16.6. The molecule has 0 aromatic carbocycles. The summed E-state index contributed by atoms with van der Waals surface area (Å²) in [6.07, 6.45) is 4.35. The van der Waals surface area contributed by atoms with Gasteiger partial charge in [-0.1, -0.05) is 26.7 Å². The molecule has 0 radical (unpaired) electrons. The van der Waals surface area contributed by atoms with Crippen molar-refractivity contribution in [3.05, 3.63) is 0 Å². The highest BCUT2D eigenvalue weighted by Crippen LogP contribution is 2.14. The molecule has 3 nitrogen and oxygen atoms in total. The molecule has 0 aliphatic carbocycles. The van der Waals surface area contributed by atoms with Crippen molar-refractivity contribution < 1.29 is 9.53 Å². The van der Waals surface area contributed by atoms with Gasteiger partial charge in [0.2, 0.25) is 0 Å². The Morgan fingerprint density at radius 3 is 2.24 bits per heavy atom. The third kappa shape index (κ3) is 10.2. The maximum absolute atomic E-state index is 11.5. The molecule has 0 saturated carbocycles. The zero-order valence-corrected chi connectivity index (χ0v) is 12.3. The van der Waals surface area contributed by atoms with Crippen molar-refractivity contribution in [1.82, 2.24) is 5.32 Å². The normalized spacial score (nSPS) is 15.2. The van der Waals surface area contributed by atoms with Gasteiger partial charge in [-0.15, -0.1) is 0 Å². The van der Waals surface area contributed by atoms with Crippen LogP contribution in [0.1, 0.15) is 67.2 Å². The van der Waals surface area contributed by atoms with E-state index < -0.39 is 5.60 Å². The second kappa shape index (κ2) is 7.57. The van der Waals surface area contributed by atoms with Crippen LogP contribution >= 0.6 is 0 Å². The number of hydrogen-bond donors (Lipinski definition) is 1. The molecule has 3 heteroatoms. The first-order valence-corrected chi connectivity index (χ1v) is 6.74. The van der Waals surface area contributed by atoms with Gasteiger partial charge >= 0.3 is 6.09 Å². The molecule has 0 aromatic rings. The topological polar surface area (TPSA) is 38.3 Å². The lowest BCUT2D eigenvalue weighted by molar-refractivity contribution is 0.0505. The third-order valence-electron chi connectivity index (χ3n) is 2.64. The van der Waals surface area contributed by atoms with Crippen LogP contribution in [-0.2, 0) is 4.74 Å². The van der Waals surface area contributed by atoms with Crippen LogP contribution in [0.4, 0.5) is 4.79 Å².